The third-order valence-electron chi connectivity index (χ3n) is 9.93. The van der Waals surface area contributed by atoms with Crippen molar-refractivity contribution in [1.29, 1.82) is 0 Å². The Labute approximate surface area is 265 Å². The number of aliphatic hydroxyl groups is 1. The van der Waals surface area contributed by atoms with Crippen LogP contribution in [-0.4, -0.2) is 83.2 Å². The van der Waals surface area contributed by atoms with Crippen molar-refractivity contribution in [3.63, 3.8) is 0 Å². The van der Waals surface area contributed by atoms with Crippen LogP contribution in [0.4, 0.5) is 5.69 Å². The van der Waals surface area contributed by atoms with E-state index < -0.39 is 29.1 Å². The van der Waals surface area contributed by atoms with Crippen molar-refractivity contribution in [1.82, 2.24) is 9.80 Å². The Bertz CT molecular complexity index is 1460. The van der Waals surface area contributed by atoms with Crippen LogP contribution in [0.1, 0.15) is 44.6 Å². The molecule has 1 N–H and O–H groups in total. The molecule has 0 saturated carbocycles. The van der Waals surface area contributed by atoms with E-state index in [4.69, 9.17) is 9.47 Å². The highest BCUT2D eigenvalue weighted by molar-refractivity contribution is 6.06. The smallest absolute Gasteiger partial charge is 0.253 e. The molecule has 9 heteroatoms. The fourth-order valence-corrected chi connectivity index (χ4v) is 7.74. The maximum Gasteiger partial charge on any atom is 0.253 e. The van der Waals surface area contributed by atoms with Gasteiger partial charge in [-0.2, -0.15) is 0 Å². The topological polar surface area (TPSA) is 99.6 Å². The first kappa shape index (κ1) is 31.0. The van der Waals surface area contributed by atoms with Gasteiger partial charge in [-0.1, -0.05) is 74.4 Å². The molecular weight excluding hydrogens is 570 g/mol. The van der Waals surface area contributed by atoms with Crippen molar-refractivity contribution >= 4 is 23.4 Å². The van der Waals surface area contributed by atoms with Crippen LogP contribution >= 0.6 is 0 Å². The number of hydrogen-bond donors (Lipinski definition) is 1. The Kier molecular flexibility index (Phi) is 8.84. The van der Waals surface area contributed by atoms with Crippen LogP contribution in [0.15, 0.2) is 78.9 Å². The number of methoxy groups -OCH3 is 1. The SMILES string of the molecule is CC[C@]12C=CCN(Cc3ccccc3)C(=O)[C@H]1[C@H]1C(=O)N(CCCCCCO)C3C(=O)N(c4ccc(OC)cc4)CC=C[C@@]31O2. The van der Waals surface area contributed by atoms with E-state index in [1.807, 2.05) is 90.7 Å². The van der Waals surface area contributed by atoms with Gasteiger partial charge in [0, 0.05) is 38.5 Å². The molecule has 45 heavy (non-hydrogen) atoms. The predicted molar refractivity (Wildman–Crippen MR) is 170 cm³/mol. The molecule has 1 unspecified atom stereocenters. The number of aliphatic hydroxyl groups excluding tert-OH is 1. The number of likely N-dealkylation sites (tertiary alicyclic amines) is 1. The first-order valence-corrected chi connectivity index (χ1v) is 16.1. The highest BCUT2D eigenvalue weighted by atomic mass is 16.5. The Morgan fingerprint density at radius 2 is 1.60 bits per heavy atom. The lowest BCUT2D eigenvalue weighted by Crippen LogP contribution is -2.56. The minimum atomic E-state index is -1.29. The molecule has 0 bridgehead atoms. The first-order chi connectivity index (χ1) is 21.9. The lowest BCUT2D eigenvalue weighted by atomic mass is 9.73. The van der Waals surface area contributed by atoms with Crippen molar-refractivity contribution in [2.24, 2.45) is 11.8 Å². The van der Waals surface area contributed by atoms with Gasteiger partial charge in [0.2, 0.25) is 11.8 Å². The zero-order valence-electron chi connectivity index (χ0n) is 26.1. The van der Waals surface area contributed by atoms with Crippen molar-refractivity contribution in [2.45, 2.75) is 62.8 Å². The van der Waals surface area contributed by atoms with E-state index in [0.717, 1.165) is 18.4 Å². The summed E-state index contributed by atoms with van der Waals surface area (Å²) in [7, 11) is 1.60. The van der Waals surface area contributed by atoms with Gasteiger partial charge in [-0.3, -0.25) is 14.4 Å². The number of carbonyl (C=O) groups excluding carboxylic acids is 3. The first-order valence-electron chi connectivity index (χ1n) is 16.1. The Hall–Kier alpha value is -3.95. The second-order valence-corrected chi connectivity index (χ2v) is 12.4. The van der Waals surface area contributed by atoms with Gasteiger partial charge in [0.25, 0.3) is 5.91 Å². The van der Waals surface area contributed by atoms with E-state index in [9.17, 15) is 19.5 Å². The third kappa shape index (κ3) is 5.36. The molecule has 2 aromatic rings. The van der Waals surface area contributed by atoms with Crippen molar-refractivity contribution in [3.05, 3.63) is 84.5 Å². The van der Waals surface area contributed by atoms with Gasteiger partial charge in [0.1, 0.15) is 17.4 Å². The maximum absolute atomic E-state index is 14.7. The summed E-state index contributed by atoms with van der Waals surface area (Å²) in [6, 6.07) is 16.3. The van der Waals surface area contributed by atoms with Gasteiger partial charge in [-0.25, -0.2) is 0 Å². The van der Waals surface area contributed by atoms with Gasteiger partial charge in [-0.05, 0) is 49.1 Å². The van der Waals surface area contributed by atoms with Gasteiger partial charge in [0.15, 0.2) is 0 Å². The van der Waals surface area contributed by atoms with Crippen LogP contribution in [0.3, 0.4) is 0 Å². The molecule has 2 aromatic carbocycles. The molecule has 2 saturated heterocycles. The molecule has 5 atom stereocenters. The summed E-state index contributed by atoms with van der Waals surface area (Å²) >= 11 is 0. The number of hydrogen-bond acceptors (Lipinski definition) is 6. The van der Waals surface area contributed by atoms with Gasteiger partial charge in [-0.15, -0.1) is 0 Å². The largest absolute Gasteiger partial charge is 0.497 e. The van der Waals surface area contributed by atoms with Crippen molar-refractivity contribution < 1.29 is 29.0 Å². The van der Waals surface area contributed by atoms with E-state index in [-0.39, 0.29) is 24.3 Å². The number of ether oxygens (including phenoxy) is 2. The van der Waals surface area contributed by atoms with E-state index >= 15 is 0 Å². The molecule has 1 spiro atoms. The summed E-state index contributed by atoms with van der Waals surface area (Å²) in [5.74, 6) is -1.49. The van der Waals surface area contributed by atoms with Crippen molar-refractivity contribution in [2.75, 3.05) is 38.3 Å². The van der Waals surface area contributed by atoms with E-state index in [1.54, 1.807) is 16.9 Å². The average Bonchev–Trinajstić information content (AvgIpc) is 3.35. The Morgan fingerprint density at radius 1 is 0.867 bits per heavy atom. The summed E-state index contributed by atoms with van der Waals surface area (Å²) in [6.45, 7) is 3.63. The molecule has 6 rings (SSSR count). The molecule has 9 nitrogen and oxygen atoms in total. The molecule has 4 aliphatic rings. The fourth-order valence-electron chi connectivity index (χ4n) is 7.74. The van der Waals surface area contributed by atoms with Crippen LogP contribution < -0.4 is 9.64 Å². The number of rotatable bonds is 11. The van der Waals surface area contributed by atoms with Crippen molar-refractivity contribution in [3.8, 4) is 5.75 Å². The number of fused-ring (bicyclic) bond motifs is 2. The van der Waals surface area contributed by atoms with Crippen LogP contribution in [0, 0.1) is 11.8 Å². The molecule has 0 radical (unpaired) electrons. The third-order valence-corrected chi connectivity index (χ3v) is 9.93. The predicted octanol–water partition coefficient (Wildman–Crippen LogP) is 4.11. The van der Waals surface area contributed by atoms with Crippen LogP contribution in [0.5, 0.6) is 5.75 Å². The minimum absolute atomic E-state index is 0.124. The summed E-state index contributed by atoms with van der Waals surface area (Å²) < 4.78 is 12.4. The minimum Gasteiger partial charge on any atom is -0.497 e. The van der Waals surface area contributed by atoms with E-state index in [2.05, 4.69) is 0 Å². The van der Waals surface area contributed by atoms with Gasteiger partial charge < -0.3 is 29.3 Å². The van der Waals surface area contributed by atoms with E-state index in [0.29, 0.717) is 56.9 Å². The number of carbonyl (C=O) groups is 3. The molecule has 2 fully saturated rings. The fraction of sp³-hybridized carbons (Fsp3) is 0.472. The quantitative estimate of drug-likeness (QED) is 0.303. The molecule has 0 aromatic heterocycles. The normalized spacial score (nSPS) is 29.0. The molecular formula is C36H43N3O6. The number of anilines is 1. The van der Waals surface area contributed by atoms with Gasteiger partial charge in [0.05, 0.1) is 24.5 Å². The monoisotopic (exact) mass is 613 g/mol. The summed E-state index contributed by atoms with van der Waals surface area (Å²) in [6.07, 6.45) is 11.3. The standard InChI is InChI=1S/C36H43N3O6/c1-3-35-19-11-21-37(25-26-13-7-6-8-14-26)32(41)29(35)30-33(42)39(22-9-4-5-10-24-40)31-34(43)38(23-12-20-36(30,31)45-35)27-15-17-28(44-2)18-16-27/h6-8,11-20,29-31,40H,3-5,9-10,21-25H2,1-2H3/t29-,30+,31?,35+,36+/m1/s1. The highest BCUT2D eigenvalue weighted by Crippen LogP contribution is 2.58. The molecule has 4 aliphatic heterocycles. The molecule has 0 aliphatic carbocycles. The van der Waals surface area contributed by atoms with E-state index in [1.165, 1.54) is 0 Å². The molecule has 4 heterocycles. The second-order valence-electron chi connectivity index (χ2n) is 12.4. The maximum atomic E-state index is 14.7. The summed E-state index contributed by atoms with van der Waals surface area (Å²) in [4.78, 5) is 49.1. The van der Waals surface area contributed by atoms with Crippen LogP contribution in [0.2, 0.25) is 0 Å². The van der Waals surface area contributed by atoms with Gasteiger partial charge >= 0.3 is 0 Å². The summed E-state index contributed by atoms with van der Waals surface area (Å²) in [5.41, 5.74) is -0.606. The Morgan fingerprint density at radius 3 is 2.31 bits per heavy atom. The zero-order chi connectivity index (χ0) is 31.6. The summed E-state index contributed by atoms with van der Waals surface area (Å²) in [5, 5.41) is 9.25. The number of benzene rings is 2. The highest BCUT2D eigenvalue weighted by Gasteiger charge is 2.75. The lowest BCUT2D eigenvalue weighted by molar-refractivity contribution is -0.150. The second kappa shape index (κ2) is 12.8. The lowest BCUT2D eigenvalue weighted by Gasteiger charge is -2.38. The zero-order valence-corrected chi connectivity index (χ0v) is 26.1. The number of nitrogens with zero attached hydrogens (tertiary/aromatic N) is 3. The van der Waals surface area contributed by atoms with Crippen LogP contribution in [-0.2, 0) is 25.7 Å². The number of unbranched alkanes of at least 4 members (excludes halogenated alkanes) is 3. The molecule has 3 amide bonds. The molecule has 238 valence electrons. The average molecular weight is 614 g/mol. The Balaban J connectivity index is 1.40. The van der Waals surface area contributed by atoms with Crippen LogP contribution in [0.25, 0.3) is 0 Å². The number of amides is 3.